The molecule has 0 aliphatic heterocycles. The molecule has 1 aromatic carbocycles. The summed E-state index contributed by atoms with van der Waals surface area (Å²) in [5.74, 6) is -2.31. The summed E-state index contributed by atoms with van der Waals surface area (Å²) in [7, 11) is 0. The second-order valence-electron chi connectivity index (χ2n) is 4.40. The average Bonchev–Trinajstić information content (AvgIpc) is 2.38. The molecule has 20 heavy (non-hydrogen) atoms. The molecule has 0 radical (unpaired) electrons. The molecule has 2 amide bonds. The first-order valence-electron chi connectivity index (χ1n) is 6.45. The minimum atomic E-state index is -0.824. The predicted octanol–water partition coefficient (Wildman–Crippen LogP) is 2.55. The molecule has 0 unspecified atom stereocenters. The van der Waals surface area contributed by atoms with E-state index in [1.165, 1.54) is 17.9 Å². The van der Waals surface area contributed by atoms with Crippen LogP contribution in [0.4, 0.5) is 14.5 Å². The molecule has 0 saturated heterocycles. The lowest BCUT2D eigenvalue weighted by molar-refractivity contribution is -0.129. The molecule has 1 rings (SSSR count). The van der Waals surface area contributed by atoms with Gasteiger partial charge in [-0.05, 0) is 18.6 Å². The van der Waals surface area contributed by atoms with Crippen LogP contribution in [0.25, 0.3) is 0 Å². The zero-order chi connectivity index (χ0) is 15.1. The molecule has 1 aromatic rings. The van der Waals surface area contributed by atoms with Crippen LogP contribution in [0.3, 0.4) is 0 Å². The number of anilines is 1. The van der Waals surface area contributed by atoms with Crippen LogP contribution in [-0.4, -0.2) is 29.8 Å². The number of nitrogens with one attached hydrogen (secondary N) is 1. The topological polar surface area (TPSA) is 49.4 Å². The Morgan fingerprint density at radius 3 is 2.30 bits per heavy atom. The lowest BCUT2D eigenvalue weighted by Gasteiger charge is -2.19. The minimum absolute atomic E-state index is 0.00659. The average molecular weight is 284 g/mol. The van der Waals surface area contributed by atoms with Crippen LogP contribution in [0.2, 0.25) is 0 Å². The molecule has 0 aliphatic carbocycles. The van der Waals surface area contributed by atoms with Crippen molar-refractivity contribution >= 4 is 17.5 Å². The molecule has 0 spiro atoms. The third-order valence-corrected chi connectivity index (χ3v) is 2.77. The van der Waals surface area contributed by atoms with Gasteiger partial charge in [0.25, 0.3) is 0 Å². The van der Waals surface area contributed by atoms with Crippen molar-refractivity contribution in [3.8, 4) is 0 Å². The first kappa shape index (κ1) is 16.1. The SMILES string of the molecule is CCCN(CCC(=O)Nc1c(F)cccc1F)C(C)=O. The molecule has 1 N–H and O–H groups in total. The fourth-order valence-electron chi connectivity index (χ4n) is 1.75. The van der Waals surface area contributed by atoms with Crippen molar-refractivity contribution in [1.29, 1.82) is 0 Å². The summed E-state index contributed by atoms with van der Waals surface area (Å²) >= 11 is 0. The number of hydrogen-bond acceptors (Lipinski definition) is 2. The van der Waals surface area contributed by atoms with Crippen molar-refractivity contribution in [2.45, 2.75) is 26.7 Å². The quantitative estimate of drug-likeness (QED) is 0.872. The normalized spacial score (nSPS) is 10.2. The van der Waals surface area contributed by atoms with Gasteiger partial charge in [-0.1, -0.05) is 13.0 Å². The number of amides is 2. The molecule has 0 saturated carbocycles. The highest BCUT2D eigenvalue weighted by Crippen LogP contribution is 2.18. The van der Waals surface area contributed by atoms with Crippen molar-refractivity contribution < 1.29 is 18.4 Å². The third kappa shape index (κ3) is 4.60. The number of carbonyl (C=O) groups excluding carboxylic acids is 2. The van der Waals surface area contributed by atoms with E-state index in [-0.39, 0.29) is 18.9 Å². The molecule has 0 atom stereocenters. The Labute approximate surface area is 116 Å². The van der Waals surface area contributed by atoms with E-state index >= 15 is 0 Å². The summed E-state index contributed by atoms with van der Waals surface area (Å²) in [6, 6.07) is 3.36. The Hall–Kier alpha value is -1.98. The van der Waals surface area contributed by atoms with Crippen molar-refractivity contribution in [3.05, 3.63) is 29.8 Å². The smallest absolute Gasteiger partial charge is 0.226 e. The van der Waals surface area contributed by atoms with Crippen LogP contribution in [-0.2, 0) is 9.59 Å². The summed E-state index contributed by atoms with van der Waals surface area (Å²) in [4.78, 5) is 24.5. The lowest BCUT2D eigenvalue weighted by atomic mass is 10.2. The zero-order valence-corrected chi connectivity index (χ0v) is 11.6. The number of benzene rings is 1. The Balaban J connectivity index is 2.58. The van der Waals surface area contributed by atoms with Crippen molar-refractivity contribution in [2.24, 2.45) is 0 Å². The molecule has 4 nitrogen and oxygen atoms in total. The van der Waals surface area contributed by atoms with Crippen LogP contribution in [0.15, 0.2) is 18.2 Å². The molecule has 0 fully saturated rings. The number of halogens is 2. The van der Waals surface area contributed by atoms with Gasteiger partial charge in [0, 0.05) is 26.4 Å². The van der Waals surface area contributed by atoms with E-state index in [4.69, 9.17) is 0 Å². The van der Waals surface area contributed by atoms with Crippen LogP contribution >= 0.6 is 0 Å². The maximum Gasteiger partial charge on any atom is 0.226 e. The van der Waals surface area contributed by atoms with E-state index in [1.54, 1.807) is 0 Å². The van der Waals surface area contributed by atoms with E-state index < -0.39 is 23.2 Å². The van der Waals surface area contributed by atoms with Gasteiger partial charge in [0.05, 0.1) is 0 Å². The molecule has 0 aromatic heterocycles. The Bertz CT molecular complexity index is 472. The van der Waals surface area contributed by atoms with Gasteiger partial charge in [-0.15, -0.1) is 0 Å². The summed E-state index contributed by atoms with van der Waals surface area (Å²) in [6.07, 6.45) is 0.774. The van der Waals surface area contributed by atoms with Crippen molar-refractivity contribution in [3.63, 3.8) is 0 Å². The maximum absolute atomic E-state index is 13.3. The molecule has 0 heterocycles. The number of nitrogens with zero attached hydrogens (tertiary/aromatic N) is 1. The maximum atomic E-state index is 13.3. The fourth-order valence-corrected chi connectivity index (χ4v) is 1.75. The van der Waals surface area contributed by atoms with Gasteiger partial charge in [-0.25, -0.2) is 8.78 Å². The van der Waals surface area contributed by atoms with E-state index in [9.17, 15) is 18.4 Å². The van der Waals surface area contributed by atoms with Crippen molar-refractivity contribution in [1.82, 2.24) is 4.90 Å². The number of carbonyl (C=O) groups is 2. The van der Waals surface area contributed by atoms with Crippen LogP contribution in [0.1, 0.15) is 26.7 Å². The molecule has 110 valence electrons. The van der Waals surface area contributed by atoms with Crippen molar-refractivity contribution in [2.75, 3.05) is 18.4 Å². The van der Waals surface area contributed by atoms with E-state index in [1.807, 2.05) is 6.92 Å². The van der Waals surface area contributed by atoms with Gasteiger partial charge in [0.15, 0.2) is 0 Å². The van der Waals surface area contributed by atoms with E-state index in [2.05, 4.69) is 5.32 Å². The predicted molar refractivity (Wildman–Crippen MR) is 72.1 cm³/mol. The van der Waals surface area contributed by atoms with Gasteiger partial charge >= 0.3 is 0 Å². The van der Waals surface area contributed by atoms with Gasteiger partial charge < -0.3 is 10.2 Å². The Morgan fingerprint density at radius 2 is 1.80 bits per heavy atom. The first-order valence-corrected chi connectivity index (χ1v) is 6.45. The zero-order valence-electron chi connectivity index (χ0n) is 11.6. The van der Waals surface area contributed by atoms with Crippen LogP contribution in [0, 0.1) is 11.6 Å². The standard InChI is InChI=1S/C14H18F2N2O2/c1-3-8-18(10(2)19)9-7-13(20)17-14-11(15)5-4-6-12(14)16/h4-6H,3,7-9H2,1-2H3,(H,17,20). The Morgan fingerprint density at radius 1 is 1.20 bits per heavy atom. The van der Waals surface area contributed by atoms with Gasteiger partial charge in [-0.2, -0.15) is 0 Å². The minimum Gasteiger partial charge on any atom is -0.342 e. The van der Waals surface area contributed by atoms with Gasteiger partial charge in [-0.3, -0.25) is 9.59 Å². The molecule has 6 heteroatoms. The first-order chi connectivity index (χ1) is 9.45. The number of rotatable bonds is 6. The Kier molecular flexibility index (Phi) is 6.09. The van der Waals surface area contributed by atoms with E-state index in [0.29, 0.717) is 6.54 Å². The monoisotopic (exact) mass is 284 g/mol. The lowest BCUT2D eigenvalue weighted by Crippen LogP contribution is -2.32. The summed E-state index contributed by atoms with van der Waals surface area (Å²) in [5.41, 5.74) is -0.456. The summed E-state index contributed by atoms with van der Waals surface area (Å²) in [5, 5.41) is 2.19. The highest BCUT2D eigenvalue weighted by atomic mass is 19.1. The molecular formula is C14H18F2N2O2. The van der Waals surface area contributed by atoms with Gasteiger partial charge in [0.2, 0.25) is 11.8 Å². The molecule has 0 bridgehead atoms. The highest BCUT2D eigenvalue weighted by Gasteiger charge is 2.14. The number of para-hydroxylation sites is 1. The van der Waals surface area contributed by atoms with Crippen LogP contribution in [0.5, 0.6) is 0 Å². The van der Waals surface area contributed by atoms with Gasteiger partial charge in [0.1, 0.15) is 17.3 Å². The fraction of sp³-hybridized carbons (Fsp3) is 0.429. The second-order valence-corrected chi connectivity index (χ2v) is 4.40. The second kappa shape index (κ2) is 7.57. The highest BCUT2D eigenvalue weighted by molar-refractivity contribution is 5.91. The van der Waals surface area contributed by atoms with E-state index in [0.717, 1.165) is 18.6 Å². The summed E-state index contributed by atoms with van der Waals surface area (Å²) in [6.45, 7) is 4.12. The van der Waals surface area contributed by atoms with Crippen LogP contribution < -0.4 is 5.32 Å². The third-order valence-electron chi connectivity index (χ3n) is 2.77. The number of hydrogen-bond donors (Lipinski definition) is 1. The molecular weight excluding hydrogens is 266 g/mol. The largest absolute Gasteiger partial charge is 0.342 e. The summed E-state index contributed by atoms with van der Waals surface area (Å²) < 4.78 is 26.7. The molecule has 0 aliphatic rings.